The van der Waals surface area contributed by atoms with Gasteiger partial charge in [0.1, 0.15) is 0 Å². The fourth-order valence-electron chi connectivity index (χ4n) is 2.37. The molecule has 0 aliphatic carbocycles. The van der Waals surface area contributed by atoms with E-state index in [1.54, 1.807) is 0 Å². The number of hydrogen-bond donors (Lipinski definition) is 0. The van der Waals surface area contributed by atoms with Crippen molar-refractivity contribution >= 4 is 12.2 Å². The zero-order valence-corrected chi connectivity index (χ0v) is 11.4. The van der Waals surface area contributed by atoms with Crippen LogP contribution in [-0.2, 0) is 11.3 Å². The van der Waals surface area contributed by atoms with Gasteiger partial charge in [0.05, 0.1) is 0 Å². The molecule has 1 aromatic carbocycles. The third kappa shape index (κ3) is 3.30. The van der Waals surface area contributed by atoms with E-state index in [2.05, 4.69) is 27.7 Å². The van der Waals surface area contributed by atoms with Crippen molar-refractivity contribution in [3.8, 4) is 0 Å². The van der Waals surface area contributed by atoms with Gasteiger partial charge in [-0.3, -0.25) is 0 Å². The van der Waals surface area contributed by atoms with Crippen molar-refractivity contribution in [2.45, 2.75) is 19.4 Å². The summed E-state index contributed by atoms with van der Waals surface area (Å²) in [5.74, 6) is 1.41. The first-order valence-electron chi connectivity index (χ1n) is 6.99. The fraction of sp³-hybridized carbons (Fsp3) is 0.400. The maximum Gasteiger partial charge on any atom is 0.174 e. The molecule has 0 amide bonds. The molecule has 5 nitrogen and oxygen atoms in total. The van der Waals surface area contributed by atoms with Gasteiger partial charge in [0.25, 0.3) is 0 Å². The zero-order valence-electron chi connectivity index (χ0n) is 11.4. The number of hydrogen-bond acceptors (Lipinski definition) is 4. The van der Waals surface area contributed by atoms with Crippen LogP contribution in [0.4, 0.5) is 0 Å². The van der Waals surface area contributed by atoms with Crippen LogP contribution >= 0.6 is 0 Å². The maximum absolute atomic E-state index is 5.38. The Bertz CT molecular complexity index is 558. The van der Waals surface area contributed by atoms with Gasteiger partial charge in [-0.05, 0) is 40.8 Å². The monoisotopic (exact) mass is 270 g/mol. The standard InChI is InChI=1S/C15H18N4O/c1-2-4-13(5-3-1)6-7-15-16-17-18-19(15)12-14-8-10-20-11-9-14/h1-7,14H,8-12H2/b7-6+. The quantitative estimate of drug-likeness (QED) is 0.855. The number of rotatable bonds is 4. The Hall–Kier alpha value is -2.01. The first-order chi connectivity index (χ1) is 9.92. The molecule has 0 saturated carbocycles. The molecule has 0 atom stereocenters. The molecule has 0 bridgehead atoms. The Labute approximate surface area is 118 Å². The Morgan fingerprint density at radius 1 is 1.15 bits per heavy atom. The van der Waals surface area contributed by atoms with Crippen LogP contribution in [0.25, 0.3) is 12.2 Å². The summed E-state index contributed by atoms with van der Waals surface area (Å²) < 4.78 is 7.26. The lowest BCUT2D eigenvalue weighted by Crippen LogP contribution is -2.21. The number of benzene rings is 1. The SMILES string of the molecule is C(=C\c1nnnn1CC1CCOCC1)/c1ccccc1. The molecular weight excluding hydrogens is 252 g/mol. The molecule has 0 unspecified atom stereocenters. The molecule has 1 fully saturated rings. The second-order valence-corrected chi connectivity index (χ2v) is 5.02. The van der Waals surface area contributed by atoms with E-state index in [4.69, 9.17) is 4.74 Å². The highest BCUT2D eigenvalue weighted by atomic mass is 16.5. The average molecular weight is 270 g/mol. The first-order valence-corrected chi connectivity index (χ1v) is 6.99. The van der Waals surface area contributed by atoms with Crippen LogP contribution in [0.1, 0.15) is 24.2 Å². The van der Waals surface area contributed by atoms with Crippen LogP contribution in [0, 0.1) is 5.92 Å². The second kappa shape index (κ2) is 6.43. The van der Waals surface area contributed by atoms with Gasteiger partial charge in [-0.25, -0.2) is 4.68 Å². The van der Waals surface area contributed by atoms with Crippen molar-refractivity contribution in [2.75, 3.05) is 13.2 Å². The number of tetrazole rings is 1. The molecular formula is C15H18N4O. The van der Waals surface area contributed by atoms with Crippen LogP contribution in [-0.4, -0.2) is 33.4 Å². The van der Waals surface area contributed by atoms with E-state index in [-0.39, 0.29) is 0 Å². The van der Waals surface area contributed by atoms with Gasteiger partial charge in [0.15, 0.2) is 5.82 Å². The van der Waals surface area contributed by atoms with Crippen LogP contribution in [0.2, 0.25) is 0 Å². The van der Waals surface area contributed by atoms with Crippen molar-refractivity contribution in [1.82, 2.24) is 20.2 Å². The number of aromatic nitrogens is 4. The molecule has 3 rings (SSSR count). The van der Waals surface area contributed by atoms with Gasteiger partial charge >= 0.3 is 0 Å². The molecule has 1 aliphatic rings. The van der Waals surface area contributed by atoms with Crippen LogP contribution in [0.15, 0.2) is 30.3 Å². The second-order valence-electron chi connectivity index (χ2n) is 5.02. The highest BCUT2D eigenvalue weighted by molar-refractivity contribution is 5.66. The van der Waals surface area contributed by atoms with Crippen molar-refractivity contribution in [2.24, 2.45) is 5.92 Å². The molecule has 2 aromatic rings. The predicted molar refractivity (Wildman–Crippen MR) is 76.7 cm³/mol. The summed E-state index contributed by atoms with van der Waals surface area (Å²) in [5, 5.41) is 11.9. The van der Waals surface area contributed by atoms with Crippen molar-refractivity contribution in [3.05, 3.63) is 41.7 Å². The first kappa shape index (κ1) is 13.0. The molecule has 1 saturated heterocycles. The van der Waals surface area contributed by atoms with E-state index in [1.807, 2.05) is 35.0 Å². The molecule has 5 heteroatoms. The van der Waals surface area contributed by atoms with Gasteiger partial charge in [0.2, 0.25) is 0 Å². The largest absolute Gasteiger partial charge is 0.381 e. The van der Waals surface area contributed by atoms with Gasteiger partial charge in [-0.15, -0.1) is 5.10 Å². The Balaban J connectivity index is 1.68. The molecule has 0 spiro atoms. The minimum atomic E-state index is 0.608. The van der Waals surface area contributed by atoms with Crippen molar-refractivity contribution < 1.29 is 4.74 Å². The molecule has 1 aromatic heterocycles. The van der Waals surface area contributed by atoms with Crippen molar-refractivity contribution in [3.63, 3.8) is 0 Å². The van der Waals surface area contributed by atoms with E-state index < -0.39 is 0 Å². The number of nitrogens with zero attached hydrogens (tertiary/aromatic N) is 4. The van der Waals surface area contributed by atoms with E-state index >= 15 is 0 Å². The minimum absolute atomic E-state index is 0.608. The smallest absolute Gasteiger partial charge is 0.174 e. The number of ether oxygens (including phenoxy) is 1. The summed E-state index contributed by atoms with van der Waals surface area (Å²) in [6, 6.07) is 10.2. The summed E-state index contributed by atoms with van der Waals surface area (Å²) in [7, 11) is 0. The maximum atomic E-state index is 5.38. The molecule has 0 N–H and O–H groups in total. The third-order valence-corrected chi connectivity index (χ3v) is 3.56. The van der Waals surface area contributed by atoms with Crippen LogP contribution in [0.3, 0.4) is 0 Å². The van der Waals surface area contributed by atoms with E-state index in [0.717, 1.165) is 44.0 Å². The molecule has 20 heavy (non-hydrogen) atoms. The van der Waals surface area contributed by atoms with Crippen LogP contribution < -0.4 is 0 Å². The molecule has 2 heterocycles. The normalized spacial score (nSPS) is 16.8. The molecule has 1 aliphatic heterocycles. The lowest BCUT2D eigenvalue weighted by Gasteiger charge is -2.21. The Kier molecular flexibility index (Phi) is 4.18. The highest BCUT2D eigenvalue weighted by Gasteiger charge is 2.16. The topological polar surface area (TPSA) is 52.8 Å². The Morgan fingerprint density at radius 3 is 2.75 bits per heavy atom. The van der Waals surface area contributed by atoms with E-state index in [9.17, 15) is 0 Å². The lowest BCUT2D eigenvalue weighted by atomic mass is 10.0. The summed E-state index contributed by atoms with van der Waals surface area (Å²) in [6.45, 7) is 2.56. The van der Waals surface area contributed by atoms with Crippen molar-refractivity contribution in [1.29, 1.82) is 0 Å². The Morgan fingerprint density at radius 2 is 1.95 bits per heavy atom. The van der Waals surface area contributed by atoms with E-state index in [1.165, 1.54) is 0 Å². The molecule has 0 radical (unpaired) electrons. The van der Waals surface area contributed by atoms with Gasteiger partial charge < -0.3 is 4.74 Å². The summed E-state index contributed by atoms with van der Waals surface area (Å²) in [6.07, 6.45) is 6.17. The van der Waals surface area contributed by atoms with Gasteiger partial charge in [-0.1, -0.05) is 36.4 Å². The summed E-state index contributed by atoms with van der Waals surface area (Å²) >= 11 is 0. The third-order valence-electron chi connectivity index (χ3n) is 3.56. The molecule has 104 valence electrons. The summed E-state index contributed by atoms with van der Waals surface area (Å²) in [4.78, 5) is 0. The fourth-order valence-corrected chi connectivity index (χ4v) is 2.37. The summed E-state index contributed by atoms with van der Waals surface area (Å²) in [5.41, 5.74) is 1.15. The zero-order chi connectivity index (χ0) is 13.6. The van der Waals surface area contributed by atoms with Gasteiger partial charge in [0, 0.05) is 19.8 Å². The minimum Gasteiger partial charge on any atom is -0.381 e. The highest BCUT2D eigenvalue weighted by Crippen LogP contribution is 2.17. The lowest BCUT2D eigenvalue weighted by molar-refractivity contribution is 0.0599. The average Bonchev–Trinajstić information content (AvgIpc) is 2.94. The van der Waals surface area contributed by atoms with E-state index in [0.29, 0.717) is 5.92 Å². The van der Waals surface area contributed by atoms with Crippen LogP contribution in [0.5, 0.6) is 0 Å². The predicted octanol–water partition coefficient (Wildman–Crippen LogP) is 2.27. The van der Waals surface area contributed by atoms with Gasteiger partial charge in [-0.2, -0.15) is 0 Å².